The molecule has 0 fully saturated rings. The van der Waals surface area contributed by atoms with Gasteiger partial charge in [-0.2, -0.15) is 0 Å². The van der Waals surface area contributed by atoms with Gasteiger partial charge in [0.05, 0.1) is 0 Å². The van der Waals surface area contributed by atoms with Gasteiger partial charge >= 0.3 is 0 Å². The summed E-state index contributed by atoms with van der Waals surface area (Å²) in [6, 6.07) is 28.1. The van der Waals surface area contributed by atoms with Gasteiger partial charge < -0.3 is 4.89 Å². The van der Waals surface area contributed by atoms with E-state index in [1.165, 1.54) is 0 Å². The maximum atomic E-state index is 11.4. The Hall–Kier alpha value is -1.99. The molecule has 112 valence electrons. The molecule has 0 saturated heterocycles. The second-order valence-corrected chi connectivity index (χ2v) is 9.27. The molecule has 0 aliphatic carbocycles. The lowest BCUT2D eigenvalue weighted by molar-refractivity contribution is 0.643. The molecule has 0 aliphatic heterocycles. The predicted molar refractivity (Wildman–Crippen MR) is 104 cm³/mol. The average Bonchev–Trinajstić information content (AvgIpc) is 2.60. The maximum Gasteiger partial charge on any atom is 0.121 e. The van der Waals surface area contributed by atoms with Crippen LogP contribution in [0.4, 0.5) is 0 Å². The summed E-state index contributed by atoms with van der Waals surface area (Å²) >= 11 is 5.80. The van der Waals surface area contributed by atoms with Crippen LogP contribution in [0, 0.1) is 0 Å². The number of hydrogen-bond donors (Lipinski definition) is 1. The number of benzene rings is 4. The summed E-state index contributed by atoms with van der Waals surface area (Å²) in [5, 5.41) is 6.01. The first-order chi connectivity index (χ1) is 11.2. The SMILES string of the molecule is OP(=S)(c1cccc2ccccc12)c1cccc2ccccc12. The van der Waals surface area contributed by atoms with Crippen LogP contribution in [-0.4, -0.2) is 4.89 Å². The van der Waals surface area contributed by atoms with Crippen molar-refractivity contribution in [2.45, 2.75) is 0 Å². The zero-order valence-corrected chi connectivity index (χ0v) is 14.1. The van der Waals surface area contributed by atoms with Gasteiger partial charge in [-0.25, -0.2) is 0 Å². The fourth-order valence-corrected chi connectivity index (χ4v) is 5.93. The minimum Gasteiger partial charge on any atom is -0.358 e. The van der Waals surface area contributed by atoms with E-state index >= 15 is 0 Å². The standard InChI is InChI=1S/C20H15OPS/c21-22(23,19-13-5-9-15-7-1-3-11-17(15)19)20-14-6-10-16-8-2-4-12-18(16)20/h1-14H,(H,21,23). The summed E-state index contributed by atoms with van der Waals surface area (Å²) < 4.78 is 0. The molecule has 0 aromatic heterocycles. The van der Waals surface area contributed by atoms with Gasteiger partial charge in [0.2, 0.25) is 0 Å². The summed E-state index contributed by atoms with van der Waals surface area (Å²) in [5.41, 5.74) is 0. The Morgan fingerprint density at radius 3 is 1.43 bits per heavy atom. The third kappa shape index (κ3) is 2.40. The summed E-state index contributed by atoms with van der Waals surface area (Å²) in [5.74, 6) is 0. The molecule has 1 nitrogen and oxygen atoms in total. The van der Waals surface area contributed by atoms with E-state index in [9.17, 15) is 4.89 Å². The van der Waals surface area contributed by atoms with Crippen molar-refractivity contribution in [3.8, 4) is 0 Å². The van der Waals surface area contributed by atoms with E-state index < -0.39 is 6.26 Å². The topological polar surface area (TPSA) is 20.2 Å². The van der Waals surface area contributed by atoms with Gasteiger partial charge in [0.1, 0.15) is 6.26 Å². The van der Waals surface area contributed by atoms with E-state index in [4.69, 9.17) is 11.8 Å². The number of hydrogen-bond acceptors (Lipinski definition) is 1. The summed E-state index contributed by atoms with van der Waals surface area (Å²) in [7, 11) is 0. The minimum absolute atomic E-state index is 0.863. The van der Waals surface area contributed by atoms with Crippen LogP contribution in [0.5, 0.6) is 0 Å². The molecule has 0 atom stereocenters. The molecule has 0 aliphatic rings. The molecule has 23 heavy (non-hydrogen) atoms. The van der Waals surface area contributed by atoms with Gasteiger partial charge in [-0.1, -0.05) is 96.7 Å². The molecule has 4 aromatic carbocycles. The largest absolute Gasteiger partial charge is 0.358 e. The van der Waals surface area contributed by atoms with Crippen molar-refractivity contribution in [3.05, 3.63) is 84.9 Å². The second kappa shape index (κ2) is 5.58. The van der Waals surface area contributed by atoms with Crippen LogP contribution in [0.1, 0.15) is 0 Å². The minimum atomic E-state index is -2.85. The smallest absolute Gasteiger partial charge is 0.121 e. The maximum absolute atomic E-state index is 11.4. The Balaban J connectivity index is 2.04. The lowest BCUT2D eigenvalue weighted by Gasteiger charge is -2.20. The Kier molecular flexibility index (Phi) is 3.54. The van der Waals surface area contributed by atoms with Gasteiger partial charge in [0.25, 0.3) is 0 Å². The molecule has 0 unspecified atom stereocenters. The Labute approximate surface area is 140 Å². The summed E-state index contributed by atoms with van der Waals surface area (Å²) in [6.45, 7) is 0. The monoisotopic (exact) mass is 334 g/mol. The van der Waals surface area contributed by atoms with E-state index in [1.54, 1.807) is 0 Å². The van der Waals surface area contributed by atoms with Crippen LogP contribution in [-0.2, 0) is 11.8 Å². The first kappa shape index (κ1) is 14.6. The van der Waals surface area contributed by atoms with Gasteiger partial charge in [0.15, 0.2) is 0 Å². The van der Waals surface area contributed by atoms with Gasteiger partial charge in [-0.15, -0.1) is 0 Å². The first-order valence-corrected chi connectivity index (χ1v) is 10.2. The molecule has 0 amide bonds. The van der Waals surface area contributed by atoms with Crippen molar-refractivity contribution in [2.24, 2.45) is 0 Å². The average molecular weight is 334 g/mol. The summed E-state index contributed by atoms with van der Waals surface area (Å²) in [4.78, 5) is 11.4. The molecular formula is C20H15OPS. The van der Waals surface area contributed by atoms with Gasteiger partial charge in [-0.05, 0) is 21.5 Å². The molecule has 3 heteroatoms. The van der Waals surface area contributed by atoms with E-state index in [0.29, 0.717) is 0 Å². The van der Waals surface area contributed by atoms with Crippen molar-refractivity contribution < 1.29 is 4.89 Å². The van der Waals surface area contributed by atoms with Crippen molar-refractivity contribution in [3.63, 3.8) is 0 Å². The molecule has 4 rings (SSSR count). The van der Waals surface area contributed by atoms with E-state index in [0.717, 1.165) is 32.2 Å². The third-order valence-corrected chi connectivity index (χ3v) is 7.45. The molecule has 0 heterocycles. The van der Waals surface area contributed by atoms with Crippen molar-refractivity contribution in [1.29, 1.82) is 0 Å². The van der Waals surface area contributed by atoms with Gasteiger partial charge in [0, 0.05) is 10.6 Å². The predicted octanol–water partition coefficient (Wildman–Crippen LogP) is 4.33. The lowest BCUT2D eigenvalue weighted by atomic mass is 10.1. The van der Waals surface area contributed by atoms with E-state index in [1.807, 2.05) is 60.7 Å². The highest BCUT2D eigenvalue weighted by atomic mass is 32.4. The zero-order valence-electron chi connectivity index (χ0n) is 12.4. The van der Waals surface area contributed by atoms with Crippen LogP contribution in [0.3, 0.4) is 0 Å². The molecule has 0 saturated carbocycles. The van der Waals surface area contributed by atoms with Crippen molar-refractivity contribution >= 4 is 50.2 Å². The quantitative estimate of drug-likeness (QED) is 0.551. The molecular weight excluding hydrogens is 319 g/mol. The van der Waals surface area contributed by atoms with Gasteiger partial charge in [-0.3, -0.25) is 0 Å². The Morgan fingerprint density at radius 2 is 0.957 bits per heavy atom. The third-order valence-electron chi connectivity index (χ3n) is 4.19. The molecule has 4 aromatic rings. The number of rotatable bonds is 2. The summed E-state index contributed by atoms with van der Waals surface area (Å²) in [6.07, 6.45) is -2.85. The number of fused-ring (bicyclic) bond motifs is 2. The second-order valence-electron chi connectivity index (χ2n) is 5.57. The Bertz CT molecular complexity index is 977. The fraction of sp³-hybridized carbons (Fsp3) is 0. The van der Waals surface area contributed by atoms with Crippen LogP contribution in [0.25, 0.3) is 21.5 Å². The first-order valence-electron chi connectivity index (χ1n) is 7.47. The van der Waals surface area contributed by atoms with E-state index in [-0.39, 0.29) is 0 Å². The van der Waals surface area contributed by atoms with Crippen LogP contribution >= 0.6 is 6.26 Å². The van der Waals surface area contributed by atoms with Crippen molar-refractivity contribution in [1.82, 2.24) is 0 Å². The van der Waals surface area contributed by atoms with Crippen LogP contribution in [0.15, 0.2) is 84.9 Å². The lowest BCUT2D eigenvalue weighted by Crippen LogP contribution is -2.17. The highest BCUT2D eigenvalue weighted by Crippen LogP contribution is 2.42. The molecule has 0 bridgehead atoms. The Morgan fingerprint density at radius 1 is 0.565 bits per heavy atom. The highest BCUT2D eigenvalue weighted by molar-refractivity contribution is 8.19. The van der Waals surface area contributed by atoms with Crippen molar-refractivity contribution in [2.75, 3.05) is 0 Å². The highest BCUT2D eigenvalue weighted by Gasteiger charge is 2.23. The van der Waals surface area contributed by atoms with E-state index in [2.05, 4.69) is 24.3 Å². The van der Waals surface area contributed by atoms with Crippen LogP contribution in [0.2, 0.25) is 0 Å². The fourth-order valence-electron chi connectivity index (χ4n) is 3.07. The van der Waals surface area contributed by atoms with Crippen LogP contribution < -0.4 is 10.6 Å². The molecule has 1 N–H and O–H groups in total. The molecule has 0 spiro atoms. The molecule has 0 radical (unpaired) electrons. The zero-order chi connectivity index (χ0) is 15.9. The normalized spacial score (nSPS) is 11.9.